The zero-order valence-electron chi connectivity index (χ0n) is 8.51. The van der Waals surface area contributed by atoms with Crippen LogP contribution >= 0.6 is 9.07 Å². The van der Waals surface area contributed by atoms with Gasteiger partial charge >= 0.3 is 19.3 Å². The van der Waals surface area contributed by atoms with Gasteiger partial charge in [0.05, 0.1) is 0 Å². The predicted octanol–water partition coefficient (Wildman–Crippen LogP) is 3.13. The molecule has 15 heavy (non-hydrogen) atoms. The third-order valence-electron chi connectivity index (χ3n) is 1.79. The molecule has 0 unspecified atom stereocenters. The molecule has 0 aliphatic carbocycles. The third-order valence-corrected chi connectivity index (χ3v) is 3.13. The van der Waals surface area contributed by atoms with Crippen molar-refractivity contribution in [2.45, 2.75) is 4.55 Å². The van der Waals surface area contributed by atoms with E-state index in [0.29, 0.717) is 0 Å². The van der Waals surface area contributed by atoms with E-state index < -0.39 is 0 Å². The minimum Gasteiger partial charge on any atom is -0.345 e. The maximum atomic E-state index is 5.67. The van der Waals surface area contributed by atoms with Gasteiger partial charge in [0.25, 0.3) is 0 Å². The number of rotatable bonds is 2. The molecule has 0 amide bonds. The molecule has 0 atom stereocenters. The Bertz CT molecular complexity index is 313. The second-order valence-corrected chi connectivity index (χ2v) is 4.96. The van der Waals surface area contributed by atoms with E-state index in [1.165, 1.54) is 5.56 Å². The minimum absolute atomic E-state index is 0.312. The number of hydrogen-bond donors (Lipinski definition) is 0. The Hall–Kier alpha value is -0.574. The molecule has 0 fully saturated rings. The minimum atomic E-state index is -0.312. The molecule has 1 aromatic carbocycles. The maximum absolute atomic E-state index is 5.67. The molecule has 0 spiro atoms. The Balaban J connectivity index is 0.000000162. The molecule has 0 saturated carbocycles. The van der Waals surface area contributed by atoms with Crippen molar-refractivity contribution in [2.24, 2.45) is 0 Å². The van der Waals surface area contributed by atoms with Gasteiger partial charge in [-0.2, -0.15) is 0 Å². The molecule has 1 heterocycles. The number of aromatic nitrogens is 1. The van der Waals surface area contributed by atoms with Crippen LogP contribution in [0.2, 0.25) is 0 Å². The molecule has 0 saturated heterocycles. The topological polar surface area (TPSA) is 12.9 Å². The van der Waals surface area contributed by atoms with E-state index in [9.17, 15) is 0 Å². The van der Waals surface area contributed by atoms with Crippen molar-refractivity contribution in [3.63, 3.8) is 0 Å². The van der Waals surface area contributed by atoms with Gasteiger partial charge in [0.2, 0.25) is 0 Å². The molecule has 2 aromatic rings. The summed E-state index contributed by atoms with van der Waals surface area (Å²) in [6.07, 6.45) is 3.50. The fourth-order valence-corrected chi connectivity index (χ4v) is 2.27. The largest absolute Gasteiger partial charge is 0.505 e. The van der Waals surface area contributed by atoms with Crippen molar-refractivity contribution in [2.75, 3.05) is 0 Å². The molecule has 3 heteroatoms. The fourth-order valence-electron chi connectivity index (χ4n) is 1.07. The van der Waals surface area contributed by atoms with E-state index in [1.807, 2.05) is 24.3 Å². The lowest BCUT2D eigenvalue weighted by Crippen LogP contribution is -1.86. The lowest BCUT2D eigenvalue weighted by Gasteiger charge is -1.92. The van der Waals surface area contributed by atoms with Crippen molar-refractivity contribution in [1.82, 2.24) is 4.98 Å². The first-order valence-electron chi connectivity index (χ1n) is 4.88. The van der Waals surface area contributed by atoms with E-state index in [-0.39, 0.29) is 19.3 Å². The summed E-state index contributed by atoms with van der Waals surface area (Å²) in [6.45, 7) is 0. The molecule has 74 valence electrons. The summed E-state index contributed by atoms with van der Waals surface area (Å²) >= 11 is -0.312. The number of benzene rings is 1. The first-order chi connectivity index (χ1) is 7.43. The van der Waals surface area contributed by atoms with E-state index in [0.717, 1.165) is 4.55 Å². The summed E-state index contributed by atoms with van der Waals surface area (Å²) in [5.41, 5.74) is 1.37. The van der Waals surface area contributed by atoms with Crippen LogP contribution in [-0.4, -0.2) is 24.2 Å². The van der Waals surface area contributed by atoms with Gasteiger partial charge in [-0.15, -0.1) is 0 Å². The van der Waals surface area contributed by atoms with E-state index in [1.54, 1.807) is 12.4 Å². The average molecular weight is 230 g/mol. The van der Waals surface area contributed by atoms with Crippen LogP contribution in [-0.2, 0) is 4.55 Å². The van der Waals surface area contributed by atoms with Crippen LogP contribution in [0.5, 0.6) is 0 Å². The predicted molar refractivity (Wildman–Crippen MR) is 66.0 cm³/mol. The second kappa shape index (κ2) is 8.71. The summed E-state index contributed by atoms with van der Waals surface area (Å²) in [4.78, 5) is 3.78. The molecule has 0 aliphatic heterocycles. The fraction of sp³-hybridized carbons (Fsp3) is 0.0833. The lowest BCUT2D eigenvalue weighted by molar-refractivity contribution is 1.33. The van der Waals surface area contributed by atoms with Crippen molar-refractivity contribution in [3.8, 4) is 0 Å². The van der Waals surface area contributed by atoms with Gasteiger partial charge in [0.1, 0.15) is 0 Å². The van der Waals surface area contributed by atoms with E-state index >= 15 is 0 Å². The molecule has 1 aromatic heterocycles. The Labute approximate surface area is 104 Å². The van der Waals surface area contributed by atoms with Crippen LogP contribution in [0.25, 0.3) is 0 Å². The highest BCUT2D eigenvalue weighted by molar-refractivity contribution is 6.93. The van der Waals surface area contributed by atoms with Crippen LogP contribution < -0.4 is 0 Å². The molecular formula is C12H12ClMgN. The first-order valence-corrected chi connectivity index (χ1v) is 8.02. The molecule has 0 aliphatic rings. The normalized spacial score (nSPS) is 8.33. The van der Waals surface area contributed by atoms with Crippen LogP contribution in [0.4, 0.5) is 0 Å². The highest BCUT2D eigenvalue weighted by Gasteiger charge is 1.91. The van der Waals surface area contributed by atoms with Gasteiger partial charge in [0.15, 0.2) is 0 Å². The average Bonchev–Trinajstić information content (AvgIpc) is 2.34. The molecular weight excluding hydrogens is 218 g/mol. The van der Waals surface area contributed by atoms with Crippen LogP contribution in [0, 0.1) is 0 Å². The van der Waals surface area contributed by atoms with Gasteiger partial charge < -0.3 is 9.07 Å². The quantitative estimate of drug-likeness (QED) is 0.722. The van der Waals surface area contributed by atoms with Crippen molar-refractivity contribution < 1.29 is 0 Å². The van der Waals surface area contributed by atoms with Gasteiger partial charge in [-0.3, -0.25) is 4.98 Å². The van der Waals surface area contributed by atoms with Crippen molar-refractivity contribution in [3.05, 3.63) is 66.5 Å². The summed E-state index contributed by atoms with van der Waals surface area (Å²) in [6, 6.07) is 16.1. The highest BCUT2D eigenvalue weighted by Crippen LogP contribution is 1.98. The van der Waals surface area contributed by atoms with E-state index in [2.05, 4.69) is 29.2 Å². The lowest BCUT2D eigenvalue weighted by atomic mass is 10.2. The standard InChI is InChI=1S/C7H7.C5H5N.ClH.Mg/c1-7-5-3-2-4-6-7;1-2-4-6-5-3-1;;/h2-6H,1H2;1-5H;1H;/q;;;+1/p-1. The number of nitrogens with zero attached hydrogens (tertiary/aromatic N) is 1. The molecule has 2 rings (SSSR count). The molecule has 1 nitrogen and oxygen atoms in total. The highest BCUT2D eigenvalue weighted by atomic mass is 35.5. The van der Waals surface area contributed by atoms with Gasteiger partial charge in [-0.05, 0) is 12.1 Å². The number of hydrogen-bond acceptors (Lipinski definition) is 1. The van der Waals surface area contributed by atoms with Crippen molar-refractivity contribution in [1.29, 1.82) is 0 Å². The van der Waals surface area contributed by atoms with Crippen LogP contribution in [0.3, 0.4) is 0 Å². The van der Waals surface area contributed by atoms with Crippen LogP contribution in [0.15, 0.2) is 60.9 Å². The third kappa shape index (κ3) is 6.50. The summed E-state index contributed by atoms with van der Waals surface area (Å²) in [5.74, 6) is 0. The molecule has 0 N–H and O–H groups in total. The summed E-state index contributed by atoms with van der Waals surface area (Å²) in [7, 11) is 5.67. The zero-order chi connectivity index (χ0) is 10.8. The SMILES string of the molecule is [Cl][Mg][CH2]c1ccccc1.c1ccncc1. The second-order valence-electron chi connectivity index (χ2n) is 2.95. The summed E-state index contributed by atoms with van der Waals surface area (Å²) in [5, 5.41) is 0. The Morgan fingerprint density at radius 1 is 0.933 bits per heavy atom. The van der Waals surface area contributed by atoms with Crippen LogP contribution in [0.1, 0.15) is 5.56 Å². The number of pyridine rings is 1. The Morgan fingerprint density at radius 3 is 1.93 bits per heavy atom. The smallest absolute Gasteiger partial charge is 0.345 e. The Morgan fingerprint density at radius 2 is 1.53 bits per heavy atom. The number of halogens is 1. The summed E-state index contributed by atoms with van der Waals surface area (Å²) < 4.78 is 1.11. The Kier molecular flexibility index (Phi) is 7.26. The maximum Gasteiger partial charge on any atom is 0.505 e. The molecule has 0 bridgehead atoms. The van der Waals surface area contributed by atoms with Gasteiger partial charge in [-0.1, -0.05) is 46.5 Å². The van der Waals surface area contributed by atoms with Gasteiger partial charge in [0, 0.05) is 12.4 Å². The first kappa shape index (κ1) is 12.5. The monoisotopic (exact) mass is 229 g/mol. The van der Waals surface area contributed by atoms with Crippen molar-refractivity contribution >= 4 is 28.3 Å². The molecule has 0 radical (unpaired) electrons. The zero-order valence-corrected chi connectivity index (χ0v) is 10.7. The van der Waals surface area contributed by atoms with E-state index in [4.69, 9.17) is 9.07 Å². The van der Waals surface area contributed by atoms with Gasteiger partial charge in [-0.25, -0.2) is 0 Å².